The summed E-state index contributed by atoms with van der Waals surface area (Å²) in [6.45, 7) is 5.98. The van der Waals surface area contributed by atoms with E-state index in [1.165, 1.54) is 10.9 Å². The van der Waals surface area contributed by atoms with Crippen LogP contribution in [0.5, 0.6) is 0 Å². The summed E-state index contributed by atoms with van der Waals surface area (Å²) >= 11 is 0. The van der Waals surface area contributed by atoms with Crippen LogP contribution in [0.15, 0.2) is 59.2 Å². The predicted molar refractivity (Wildman–Crippen MR) is 68.1 cm³/mol. The second-order valence-electron chi connectivity index (χ2n) is 4.26. The first-order chi connectivity index (χ1) is 8.25. The molecule has 1 aliphatic rings. The Morgan fingerprint density at radius 3 is 2.88 bits per heavy atom. The molecular weight excluding hydrogens is 212 g/mol. The normalized spacial score (nSPS) is 16.5. The highest BCUT2D eigenvalue weighted by Gasteiger charge is 2.19. The Kier molecular flexibility index (Phi) is 2.18. The van der Waals surface area contributed by atoms with Crippen molar-refractivity contribution in [2.45, 2.75) is 12.8 Å². The number of para-hydroxylation sites is 1. The summed E-state index contributed by atoms with van der Waals surface area (Å²) in [5, 5.41) is 7.45. The summed E-state index contributed by atoms with van der Waals surface area (Å²) < 4.78 is 5.56. The SMILES string of the molecule is C=C1NC=C(C(C)c2coc3ccccc23)N1. The molecule has 0 spiro atoms. The molecule has 17 heavy (non-hydrogen) atoms. The first kappa shape index (κ1) is 10.0. The van der Waals surface area contributed by atoms with Gasteiger partial charge in [0.1, 0.15) is 5.58 Å². The first-order valence-corrected chi connectivity index (χ1v) is 5.64. The molecular formula is C14H14N2O. The van der Waals surface area contributed by atoms with E-state index in [2.05, 4.69) is 30.2 Å². The zero-order valence-electron chi connectivity index (χ0n) is 9.66. The number of allylic oxidation sites excluding steroid dienone is 1. The standard InChI is InChI=1S/C14H14N2O/c1-9(13-7-15-10(2)16-13)12-8-17-14-6-4-3-5-11(12)14/h3-9,15-16H,2H2,1H3. The smallest absolute Gasteiger partial charge is 0.134 e. The van der Waals surface area contributed by atoms with E-state index in [0.29, 0.717) is 0 Å². The van der Waals surface area contributed by atoms with Gasteiger partial charge in [-0.15, -0.1) is 0 Å². The van der Waals surface area contributed by atoms with Crippen LogP contribution in [0.1, 0.15) is 18.4 Å². The molecule has 1 aromatic carbocycles. The van der Waals surface area contributed by atoms with Crippen molar-refractivity contribution in [2.24, 2.45) is 0 Å². The summed E-state index contributed by atoms with van der Waals surface area (Å²) in [6.07, 6.45) is 3.79. The van der Waals surface area contributed by atoms with Crippen LogP contribution in [0.3, 0.4) is 0 Å². The molecule has 0 aliphatic carbocycles. The predicted octanol–water partition coefficient (Wildman–Crippen LogP) is 3.04. The van der Waals surface area contributed by atoms with Crippen molar-refractivity contribution in [1.29, 1.82) is 0 Å². The van der Waals surface area contributed by atoms with Gasteiger partial charge in [0.25, 0.3) is 0 Å². The van der Waals surface area contributed by atoms with Gasteiger partial charge in [0, 0.05) is 28.8 Å². The second kappa shape index (κ2) is 3.70. The minimum absolute atomic E-state index is 0.255. The molecule has 86 valence electrons. The second-order valence-corrected chi connectivity index (χ2v) is 4.26. The average Bonchev–Trinajstić information content (AvgIpc) is 2.94. The summed E-state index contributed by atoms with van der Waals surface area (Å²) in [6, 6.07) is 8.08. The molecule has 0 fully saturated rings. The Labute approximate surface area is 99.8 Å². The van der Waals surface area contributed by atoms with E-state index in [9.17, 15) is 0 Å². The molecule has 3 rings (SSSR count). The van der Waals surface area contributed by atoms with Crippen molar-refractivity contribution < 1.29 is 4.42 Å². The molecule has 3 heteroatoms. The van der Waals surface area contributed by atoms with Crippen LogP contribution in [0.2, 0.25) is 0 Å². The van der Waals surface area contributed by atoms with Crippen LogP contribution < -0.4 is 10.6 Å². The summed E-state index contributed by atoms with van der Waals surface area (Å²) in [4.78, 5) is 0. The Hall–Kier alpha value is -2.16. The average molecular weight is 226 g/mol. The highest BCUT2D eigenvalue weighted by atomic mass is 16.3. The van der Waals surface area contributed by atoms with E-state index in [1.54, 1.807) is 0 Å². The van der Waals surface area contributed by atoms with Gasteiger partial charge in [0.2, 0.25) is 0 Å². The van der Waals surface area contributed by atoms with Crippen LogP contribution >= 0.6 is 0 Å². The fourth-order valence-corrected chi connectivity index (χ4v) is 2.15. The van der Waals surface area contributed by atoms with Gasteiger partial charge in [-0.2, -0.15) is 0 Å². The van der Waals surface area contributed by atoms with Crippen molar-refractivity contribution in [3.8, 4) is 0 Å². The number of hydrogen-bond acceptors (Lipinski definition) is 3. The summed E-state index contributed by atoms with van der Waals surface area (Å²) in [7, 11) is 0. The van der Waals surface area contributed by atoms with Crippen LogP contribution in [0.4, 0.5) is 0 Å². The molecule has 0 amide bonds. The van der Waals surface area contributed by atoms with E-state index in [4.69, 9.17) is 4.42 Å². The lowest BCUT2D eigenvalue weighted by atomic mass is 9.98. The molecule has 0 saturated heterocycles. The Bertz CT molecular complexity index is 609. The highest BCUT2D eigenvalue weighted by molar-refractivity contribution is 5.81. The third kappa shape index (κ3) is 1.60. The van der Waals surface area contributed by atoms with E-state index in [0.717, 1.165) is 17.1 Å². The minimum atomic E-state index is 0.255. The van der Waals surface area contributed by atoms with Gasteiger partial charge in [-0.05, 0) is 6.07 Å². The van der Waals surface area contributed by atoms with Gasteiger partial charge < -0.3 is 15.1 Å². The molecule has 1 aromatic heterocycles. The summed E-state index contributed by atoms with van der Waals surface area (Å²) in [5.74, 6) is 1.07. The largest absolute Gasteiger partial charge is 0.464 e. The topological polar surface area (TPSA) is 37.2 Å². The van der Waals surface area contributed by atoms with Crippen molar-refractivity contribution in [2.75, 3.05) is 0 Å². The molecule has 3 nitrogen and oxygen atoms in total. The fraction of sp³-hybridized carbons (Fsp3) is 0.143. The molecule has 0 bridgehead atoms. The monoisotopic (exact) mass is 226 g/mol. The maximum atomic E-state index is 5.56. The van der Waals surface area contributed by atoms with Gasteiger partial charge in [-0.25, -0.2) is 0 Å². The quantitative estimate of drug-likeness (QED) is 0.826. The Balaban J connectivity index is 2.01. The number of fused-ring (bicyclic) bond motifs is 1. The number of furan rings is 1. The number of nitrogens with one attached hydrogen (secondary N) is 2. The van der Waals surface area contributed by atoms with Crippen molar-refractivity contribution >= 4 is 11.0 Å². The third-order valence-electron chi connectivity index (χ3n) is 3.14. The molecule has 1 aliphatic heterocycles. The molecule has 2 N–H and O–H groups in total. The molecule has 2 aromatic rings. The van der Waals surface area contributed by atoms with E-state index in [1.807, 2.05) is 30.7 Å². The number of rotatable bonds is 2. The van der Waals surface area contributed by atoms with Gasteiger partial charge in [-0.1, -0.05) is 31.7 Å². The lowest BCUT2D eigenvalue weighted by Crippen LogP contribution is -2.13. The number of benzene rings is 1. The maximum Gasteiger partial charge on any atom is 0.134 e. The maximum absolute atomic E-state index is 5.56. The molecule has 1 atom stereocenters. The van der Waals surface area contributed by atoms with Gasteiger partial charge in [0.05, 0.1) is 12.1 Å². The summed E-state index contributed by atoms with van der Waals surface area (Å²) in [5.41, 5.74) is 3.23. The zero-order chi connectivity index (χ0) is 11.8. The molecule has 1 unspecified atom stereocenters. The van der Waals surface area contributed by atoms with Crippen molar-refractivity contribution in [1.82, 2.24) is 10.6 Å². The lowest BCUT2D eigenvalue weighted by molar-refractivity contribution is 0.606. The highest BCUT2D eigenvalue weighted by Crippen LogP contribution is 2.31. The van der Waals surface area contributed by atoms with Crippen molar-refractivity contribution in [3.63, 3.8) is 0 Å². The molecule has 0 radical (unpaired) electrons. The van der Waals surface area contributed by atoms with Crippen LogP contribution in [-0.2, 0) is 0 Å². The van der Waals surface area contributed by atoms with E-state index in [-0.39, 0.29) is 5.92 Å². The van der Waals surface area contributed by atoms with E-state index >= 15 is 0 Å². The van der Waals surface area contributed by atoms with Crippen LogP contribution in [0, 0.1) is 0 Å². The number of hydrogen-bond donors (Lipinski definition) is 2. The molecule has 2 heterocycles. The van der Waals surface area contributed by atoms with Crippen molar-refractivity contribution in [3.05, 3.63) is 60.4 Å². The van der Waals surface area contributed by atoms with Gasteiger partial charge in [0.15, 0.2) is 0 Å². The van der Waals surface area contributed by atoms with Crippen LogP contribution in [0.25, 0.3) is 11.0 Å². The first-order valence-electron chi connectivity index (χ1n) is 5.64. The van der Waals surface area contributed by atoms with Gasteiger partial charge in [-0.3, -0.25) is 0 Å². The van der Waals surface area contributed by atoms with E-state index < -0.39 is 0 Å². The third-order valence-corrected chi connectivity index (χ3v) is 3.14. The lowest BCUT2D eigenvalue weighted by Gasteiger charge is -2.11. The Morgan fingerprint density at radius 1 is 1.29 bits per heavy atom. The molecule has 0 saturated carbocycles. The van der Waals surface area contributed by atoms with Gasteiger partial charge >= 0.3 is 0 Å². The minimum Gasteiger partial charge on any atom is -0.464 e. The Morgan fingerprint density at radius 2 is 2.12 bits per heavy atom. The zero-order valence-corrected chi connectivity index (χ0v) is 9.66. The fourth-order valence-electron chi connectivity index (χ4n) is 2.15. The van der Waals surface area contributed by atoms with Crippen LogP contribution in [-0.4, -0.2) is 0 Å².